The Hall–Kier alpha value is -3.16. The van der Waals surface area contributed by atoms with Crippen LogP contribution >= 0.6 is 0 Å². The van der Waals surface area contributed by atoms with Crippen molar-refractivity contribution in [3.05, 3.63) is 70.8 Å². The molecule has 0 unspecified atom stereocenters. The Morgan fingerprint density at radius 2 is 1.81 bits per heavy atom. The molecule has 2 saturated heterocycles. The monoisotopic (exact) mass is 492 g/mol. The van der Waals surface area contributed by atoms with Gasteiger partial charge >= 0.3 is 0 Å². The summed E-state index contributed by atoms with van der Waals surface area (Å²) in [5.41, 5.74) is 2.31. The number of unbranched alkanes of at least 4 members (excludes halogenated alkanes) is 1. The summed E-state index contributed by atoms with van der Waals surface area (Å²) in [6.07, 6.45) is 2.75. The minimum atomic E-state index is -0.645. The normalized spacial score (nSPS) is 20.2. The maximum absolute atomic E-state index is 13.2. The number of aryl methyl sites for hydroxylation is 1. The summed E-state index contributed by atoms with van der Waals surface area (Å²) in [5, 5.41) is 11.3. The number of carbonyl (C=O) groups excluding carboxylic acids is 2. The summed E-state index contributed by atoms with van der Waals surface area (Å²) in [7, 11) is 0. The minimum absolute atomic E-state index is 0.136. The molecule has 1 atom stereocenters. The van der Waals surface area contributed by atoms with Crippen LogP contribution in [0.25, 0.3) is 5.76 Å². The Morgan fingerprint density at radius 1 is 1.06 bits per heavy atom. The maximum Gasteiger partial charge on any atom is 0.295 e. The number of carbonyl (C=O) groups is 2. The standard InChI is InChI=1S/C29H36N2O5/c1-3-4-17-36-24-12-11-23(20-21(24)2)27(32)25-26(22-9-6-5-7-10-22)31(29(34)28(25)33)14-8-13-30-15-18-35-19-16-30/h5-7,9-12,20,26,32H,3-4,8,13-19H2,1-2H3/b27-25+/t26-/m0/s1. The molecule has 1 amide bonds. The molecule has 0 bridgehead atoms. The van der Waals surface area contributed by atoms with E-state index >= 15 is 0 Å². The quantitative estimate of drug-likeness (QED) is 0.230. The number of aliphatic hydroxyl groups is 1. The van der Waals surface area contributed by atoms with Crippen LogP contribution in [0.2, 0.25) is 0 Å². The van der Waals surface area contributed by atoms with Crippen molar-refractivity contribution in [1.82, 2.24) is 9.80 Å². The number of amides is 1. The lowest BCUT2D eigenvalue weighted by molar-refractivity contribution is -0.140. The number of benzene rings is 2. The number of likely N-dealkylation sites (tertiary alicyclic amines) is 1. The van der Waals surface area contributed by atoms with Gasteiger partial charge < -0.3 is 19.5 Å². The Balaban J connectivity index is 1.62. The average molecular weight is 493 g/mol. The summed E-state index contributed by atoms with van der Waals surface area (Å²) >= 11 is 0. The van der Waals surface area contributed by atoms with Gasteiger partial charge in [-0.15, -0.1) is 0 Å². The molecule has 1 N–H and O–H groups in total. The third-order valence-electron chi connectivity index (χ3n) is 6.84. The van der Waals surface area contributed by atoms with Crippen molar-refractivity contribution >= 4 is 17.4 Å². The van der Waals surface area contributed by atoms with Crippen LogP contribution < -0.4 is 4.74 Å². The number of hydrogen-bond donors (Lipinski definition) is 1. The Kier molecular flexibility index (Phi) is 8.78. The van der Waals surface area contributed by atoms with E-state index in [0.717, 1.165) is 69.0 Å². The summed E-state index contributed by atoms with van der Waals surface area (Å²) < 4.78 is 11.3. The van der Waals surface area contributed by atoms with Crippen molar-refractivity contribution in [2.75, 3.05) is 46.0 Å². The fourth-order valence-electron chi connectivity index (χ4n) is 4.82. The SMILES string of the molecule is CCCCOc1ccc(/C(O)=C2\C(=O)C(=O)N(CCCN3CCOCC3)[C@H]2c2ccccc2)cc1C. The van der Waals surface area contributed by atoms with Crippen molar-refractivity contribution in [1.29, 1.82) is 0 Å². The van der Waals surface area contributed by atoms with E-state index < -0.39 is 17.7 Å². The van der Waals surface area contributed by atoms with Gasteiger partial charge in [0.25, 0.3) is 11.7 Å². The number of aliphatic hydroxyl groups excluding tert-OH is 1. The molecule has 0 radical (unpaired) electrons. The summed E-state index contributed by atoms with van der Waals surface area (Å²) in [5.74, 6) is -0.610. The first-order valence-electron chi connectivity index (χ1n) is 12.9. The highest BCUT2D eigenvalue weighted by molar-refractivity contribution is 6.46. The highest BCUT2D eigenvalue weighted by atomic mass is 16.5. The molecule has 2 fully saturated rings. The van der Waals surface area contributed by atoms with Crippen molar-refractivity contribution in [2.24, 2.45) is 0 Å². The van der Waals surface area contributed by atoms with E-state index in [1.54, 1.807) is 11.0 Å². The van der Waals surface area contributed by atoms with Crippen LogP contribution in [0.3, 0.4) is 0 Å². The molecule has 0 aromatic heterocycles. The third kappa shape index (κ3) is 5.79. The predicted octanol–water partition coefficient (Wildman–Crippen LogP) is 4.32. The van der Waals surface area contributed by atoms with Gasteiger partial charge in [0.2, 0.25) is 0 Å². The predicted molar refractivity (Wildman–Crippen MR) is 139 cm³/mol. The van der Waals surface area contributed by atoms with Crippen molar-refractivity contribution in [3.63, 3.8) is 0 Å². The average Bonchev–Trinajstić information content (AvgIpc) is 3.15. The van der Waals surface area contributed by atoms with Crippen LogP contribution in [-0.2, 0) is 14.3 Å². The largest absolute Gasteiger partial charge is 0.507 e. The molecular weight excluding hydrogens is 456 g/mol. The molecule has 2 aliphatic heterocycles. The second-order valence-corrected chi connectivity index (χ2v) is 9.39. The molecule has 36 heavy (non-hydrogen) atoms. The number of rotatable bonds is 10. The van der Waals surface area contributed by atoms with Crippen molar-refractivity contribution in [2.45, 2.75) is 39.2 Å². The lowest BCUT2D eigenvalue weighted by atomic mass is 9.95. The second-order valence-electron chi connectivity index (χ2n) is 9.39. The van der Waals surface area contributed by atoms with Gasteiger partial charge in [0.05, 0.1) is 31.4 Å². The lowest BCUT2D eigenvalue weighted by Crippen LogP contribution is -2.38. The van der Waals surface area contributed by atoms with Gasteiger partial charge in [-0.1, -0.05) is 43.7 Å². The van der Waals surface area contributed by atoms with Gasteiger partial charge in [-0.3, -0.25) is 14.5 Å². The van der Waals surface area contributed by atoms with E-state index in [1.165, 1.54) is 0 Å². The number of hydrogen-bond acceptors (Lipinski definition) is 6. The second kappa shape index (κ2) is 12.2. The molecule has 4 rings (SSSR count). The van der Waals surface area contributed by atoms with E-state index in [4.69, 9.17) is 9.47 Å². The number of ketones is 1. The zero-order valence-electron chi connectivity index (χ0n) is 21.2. The smallest absolute Gasteiger partial charge is 0.295 e. The molecule has 0 aliphatic carbocycles. The fourth-order valence-corrected chi connectivity index (χ4v) is 4.82. The number of ether oxygens (including phenoxy) is 2. The van der Waals surface area contributed by atoms with E-state index in [-0.39, 0.29) is 11.3 Å². The third-order valence-corrected chi connectivity index (χ3v) is 6.84. The fraction of sp³-hybridized carbons (Fsp3) is 0.448. The summed E-state index contributed by atoms with van der Waals surface area (Å²) in [4.78, 5) is 30.3. The Bertz CT molecular complexity index is 1090. The first kappa shape index (κ1) is 25.9. The highest BCUT2D eigenvalue weighted by Gasteiger charge is 2.45. The minimum Gasteiger partial charge on any atom is -0.507 e. The highest BCUT2D eigenvalue weighted by Crippen LogP contribution is 2.39. The van der Waals surface area contributed by atoms with Gasteiger partial charge in [0.1, 0.15) is 11.5 Å². The maximum atomic E-state index is 13.2. The van der Waals surface area contributed by atoms with Crippen LogP contribution in [0.4, 0.5) is 0 Å². The van der Waals surface area contributed by atoms with Crippen LogP contribution in [0.15, 0.2) is 54.1 Å². The van der Waals surface area contributed by atoms with Gasteiger partial charge in [0.15, 0.2) is 0 Å². The molecular formula is C29H36N2O5. The number of nitrogens with zero attached hydrogens (tertiary/aromatic N) is 2. The molecule has 2 aromatic rings. The molecule has 2 heterocycles. The molecule has 7 nitrogen and oxygen atoms in total. The summed E-state index contributed by atoms with van der Waals surface area (Å²) in [6.45, 7) is 9.10. The van der Waals surface area contributed by atoms with Crippen molar-refractivity contribution in [3.8, 4) is 5.75 Å². The first-order chi connectivity index (χ1) is 17.5. The number of Topliss-reactive ketones (excluding diaryl/α,β-unsaturated/α-hetero) is 1. The van der Waals surface area contributed by atoms with Crippen LogP contribution in [-0.4, -0.2) is 72.6 Å². The van der Waals surface area contributed by atoms with Gasteiger partial charge in [-0.25, -0.2) is 0 Å². The molecule has 7 heteroatoms. The molecule has 2 aromatic carbocycles. The van der Waals surface area contributed by atoms with Crippen LogP contribution in [0.5, 0.6) is 5.75 Å². The van der Waals surface area contributed by atoms with E-state index in [0.29, 0.717) is 18.7 Å². The van der Waals surface area contributed by atoms with Gasteiger partial charge in [-0.2, -0.15) is 0 Å². The molecule has 2 aliphatic rings. The first-order valence-corrected chi connectivity index (χ1v) is 12.9. The zero-order chi connectivity index (χ0) is 25.5. The zero-order valence-corrected chi connectivity index (χ0v) is 21.2. The van der Waals surface area contributed by atoms with Crippen LogP contribution in [0, 0.1) is 6.92 Å². The molecule has 0 spiro atoms. The van der Waals surface area contributed by atoms with Gasteiger partial charge in [0, 0.05) is 31.7 Å². The Labute approximate surface area is 213 Å². The van der Waals surface area contributed by atoms with E-state index in [2.05, 4.69) is 11.8 Å². The lowest BCUT2D eigenvalue weighted by Gasteiger charge is -2.29. The summed E-state index contributed by atoms with van der Waals surface area (Å²) in [6, 6.07) is 14.2. The molecule has 192 valence electrons. The topological polar surface area (TPSA) is 79.3 Å². The van der Waals surface area contributed by atoms with Crippen LogP contribution in [0.1, 0.15) is 48.9 Å². The van der Waals surface area contributed by atoms with E-state index in [1.807, 2.05) is 49.4 Å². The Morgan fingerprint density at radius 3 is 2.50 bits per heavy atom. The van der Waals surface area contributed by atoms with Crippen molar-refractivity contribution < 1.29 is 24.2 Å². The van der Waals surface area contributed by atoms with E-state index in [9.17, 15) is 14.7 Å². The number of morpholine rings is 1. The van der Waals surface area contributed by atoms with Gasteiger partial charge in [-0.05, 0) is 49.1 Å². The molecule has 0 saturated carbocycles.